The van der Waals surface area contributed by atoms with Crippen molar-refractivity contribution in [2.45, 2.75) is 57.2 Å². The van der Waals surface area contributed by atoms with E-state index < -0.39 is 7.12 Å². The first-order valence-corrected chi connectivity index (χ1v) is 5.17. The first-order valence-electron chi connectivity index (χ1n) is 5.17. The summed E-state index contributed by atoms with van der Waals surface area (Å²) in [6, 6.07) is 0. The summed E-state index contributed by atoms with van der Waals surface area (Å²) in [4.78, 5) is 0. The summed E-state index contributed by atoms with van der Waals surface area (Å²) in [5, 5.41) is 18.1. The molecule has 0 aromatic rings. The van der Waals surface area contributed by atoms with Crippen molar-refractivity contribution < 1.29 is 10.0 Å². The highest BCUT2D eigenvalue weighted by molar-refractivity contribution is 6.43. The molecule has 2 N–H and O–H groups in total. The molecule has 0 amide bonds. The molecule has 0 heterocycles. The van der Waals surface area contributed by atoms with Crippen molar-refractivity contribution in [1.82, 2.24) is 0 Å². The van der Waals surface area contributed by atoms with E-state index in [9.17, 15) is 0 Å². The Balaban J connectivity index is 2.28. The number of hydrogen-bond donors (Lipinski definition) is 2. The van der Waals surface area contributed by atoms with Crippen molar-refractivity contribution in [3.8, 4) is 0 Å². The van der Waals surface area contributed by atoms with Gasteiger partial charge in [0, 0.05) is 0 Å². The highest BCUT2D eigenvalue weighted by atomic mass is 16.4. The van der Waals surface area contributed by atoms with E-state index in [-0.39, 0.29) is 5.82 Å². The Bertz CT molecular complexity index is 107. The smallest absolute Gasteiger partial charge is 0.427 e. The molecule has 0 aromatic heterocycles. The third-order valence-electron chi connectivity index (χ3n) is 2.82. The van der Waals surface area contributed by atoms with Crippen LogP contribution in [0.3, 0.4) is 0 Å². The van der Waals surface area contributed by atoms with E-state index in [1.54, 1.807) is 0 Å². The molecule has 0 atom stereocenters. The highest BCUT2D eigenvalue weighted by Gasteiger charge is 2.22. The van der Waals surface area contributed by atoms with E-state index in [4.69, 9.17) is 10.0 Å². The first kappa shape index (κ1) is 10.1. The fourth-order valence-corrected chi connectivity index (χ4v) is 1.96. The molecule has 0 bridgehead atoms. The van der Waals surface area contributed by atoms with Crippen LogP contribution in [0.4, 0.5) is 0 Å². The third-order valence-corrected chi connectivity index (χ3v) is 2.82. The summed E-state index contributed by atoms with van der Waals surface area (Å²) < 4.78 is 0. The summed E-state index contributed by atoms with van der Waals surface area (Å²) in [5.74, 6) is 0.142. The maximum atomic E-state index is 9.04. The minimum absolute atomic E-state index is 0.142. The average Bonchev–Trinajstić information content (AvgIpc) is 2.15. The molecule has 1 rings (SSSR count). The molecule has 0 saturated heterocycles. The average molecular weight is 170 g/mol. The third kappa shape index (κ3) is 3.59. The van der Waals surface area contributed by atoms with Crippen molar-refractivity contribution >= 4 is 7.12 Å². The lowest BCUT2D eigenvalue weighted by Gasteiger charge is -2.13. The molecule has 12 heavy (non-hydrogen) atoms. The Morgan fingerprint density at radius 1 is 0.750 bits per heavy atom. The zero-order valence-electron chi connectivity index (χ0n) is 7.71. The number of hydrogen-bond acceptors (Lipinski definition) is 2. The second-order valence-corrected chi connectivity index (χ2v) is 3.87. The molecule has 2 nitrogen and oxygen atoms in total. The van der Waals surface area contributed by atoms with Gasteiger partial charge >= 0.3 is 7.12 Å². The van der Waals surface area contributed by atoms with Crippen molar-refractivity contribution in [1.29, 1.82) is 0 Å². The second kappa shape index (κ2) is 5.60. The molecule has 1 saturated carbocycles. The molecular weight excluding hydrogens is 151 g/mol. The van der Waals surface area contributed by atoms with Crippen LogP contribution in [0.25, 0.3) is 0 Å². The molecule has 1 fully saturated rings. The summed E-state index contributed by atoms with van der Waals surface area (Å²) in [5.41, 5.74) is 0. The van der Waals surface area contributed by atoms with Gasteiger partial charge < -0.3 is 10.0 Å². The predicted octanol–water partition coefficient (Wildman–Crippen LogP) is 1.96. The lowest BCUT2D eigenvalue weighted by atomic mass is 9.68. The van der Waals surface area contributed by atoms with Crippen molar-refractivity contribution in [2.75, 3.05) is 0 Å². The monoisotopic (exact) mass is 170 g/mol. The normalized spacial score (nSPS) is 22.5. The van der Waals surface area contributed by atoms with Gasteiger partial charge in [-0.2, -0.15) is 0 Å². The Morgan fingerprint density at radius 3 is 1.58 bits per heavy atom. The van der Waals surface area contributed by atoms with Crippen LogP contribution in [0.15, 0.2) is 0 Å². The second-order valence-electron chi connectivity index (χ2n) is 3.87. The van der Waals surface area contributed by atoms with Gasteiger partial charge in [-0.15, -0.1) is 0 Å². The van der Waals surface area contributed by atoms with Gasteiger partial charge in [0.2, 0.25) is 0 Å². The van der Waals surface area contributed by atoms with E-state index >= 15 is 0 Å². The fraction of sp³-hybridized carbons (Fsp3) is 1.00. The minimum Gasteiger partial charge on any atom is -0.427 e. The Hall–Kier alpha value is -0.0151. The Labute approximate surface area is 75.1 Å². The maximum Gasteiger partial charge on any atom is 0.454 e. The molecule has 0 radical (unpaired) electrons. The van der Waals surface area contributed by atoms with Gasteiger partial charge in [0.15, 0.2) is 0 Å². The quantitative estimate of drug-likeness (QED) is 0.590. The van der Waals surface area contributed by atoms with Crippen LogP contribution in [0.1, 0.15) is 51.4 Å². The Morgan fingerprint density at radius 2 is 1.17 bits per heavy atom. The Kier molecular flexibility index (Phi) is 4.70. The van der Waals surface area contributed by atoms with Gasteiger partial charge in [-0.05, 0) is 5.82 Å². The SMILES string of the molecule is OB(O)C1CCCCCCCC1. The van der Waals surface area contributed by atoms with Crippen LogP contribution in [0.2, 0.25) is 5.82 Å². The summed E-state index contributed by atoms with van der Waals surface area (Å²) in [6.07, 6.45) is 9.52. The number of rotatable bonds is 1. The molecule has 0 spiro atoms. The van der Waals surface area contributed by atoms with E-state index in [1.165, 1.54) is 38.5 Å². The van der Waals surface area contributed by atoms with Gasteiger partial charge in [0.25, 0.3) is 0 Å². The summed E-state index contributed by atoms with van der Waals surface area (Å²) in [7, 11) is -1.08. The van der Waals surface area contributed by atoms with Crippen molar-refractivity contribution in [3.63, 3.8) is 0 Å². The van der Waals surface area contributed by atoms with Crippen LogP contribution in [-0.2, 0) is 0 Å². The van der Waals surface area contributed by atoms with Crippen LogP contribution in [0.5, 0.6) is 0 Å². The first-order chi connectivity index (χ1) is 5.80. The summed E-state index contributed by atoms with van der Waals surface area (Å²) >= 11 is 0. The van der Waals surface area contributed by atoms with Crippen LogP contribution in [0, 0.1) is 0 Å². The van der Waals surface area contributed by atoms with Crippen LogP contribution < -0.4 is 0 Å². The van der Waals surface area contributed by atoms with Gasteiger partial charge in [-0.3, -0.25) is 0 Å². The minimum atomic E-state index is -1.08. The molecule has 1 aliphatic carbocycles. The molecule has 1 aliphatic rings. The molecule has 0 aliphatic heterocycles. The lowest BCUT2D eigenvalue weighted by molar-refractivity contribution is 0.369. The van der Waals surface area contributed by atoms with Gasteiger partial charge in [-0.25, -0.2) is 0 Å². The molecule has 70 valence electrons. The zero-order valence-corrected chi connectivity index (χ0v) is 7.71. The predicted molar refractivity (Wildman–Crippen MR) is 50.9 cm³/mol. The highest BCUT2D eigenvalue weighted by Crippen LogP contribution is 2.26. The molecule has 0 unspecified atom stereocenters. The van der Waals surface area contributed by atoms with E-state index in [0.29, 0.717) is 0 Å². The van der Waals surface area contributed by atoms with Gasteiger partial charge in [0.05, 0.1) is 0 Å². The van der Waals surface area contributed by atoms with Crippen molar-refractivity contribution in [2.24, 2.45) is 0 Å². The fourth-order valence-electron chi connectivity index (χ4n) is 1.96. The largest absolute Gasteiger partial charge is 0.454 e. The molecule has 0 aromatic carbocycles. The topological polar surface area (TPSA) is 40.5 Å². The molecular formula is C9H19BO2. The zero-order chi connectivity index (χ0) is 8.81. The van der Waals surface area contributed by atoms with E-state index in [0.717, 1.165) is 12.8 Å². The van der Waals surface area contributed by atoms with E-state index in [1.807, 2.05) is 0 Å². The molecule has 3 heteroatoms. The van der Waals surface area contributed by atoms with Gasteiger partial charge in [0.1, 0.15) is 0 Å². The summed E-state index contributed by atoms with van der Waals surface area (Å²) in [6.45, 7) is 0. The van der Waals surface area contributed by atoms with Gasteiger partial charge in [-0.1, -0.05) is 51.4 Å². The maximum absolute atomic E-state index is 9.04. The van der Waals surface area contributed by atoms with Crippen LogP contribution >= 0.6 is 0 Å². The lowest BCUT2D eigenvalue weighted by Crippen LogP contribution is -2.20. The van der Waals surface area contributed by atoms with E-state index in [2.05, 4.69) is 0 Å². The van der Waals surface area contributed by atoms with Crippen molar-refractivity contribution in [3.05, 3.63) is 0 Å². The standard InChI is InChI=1S/C9H19BO2/c11-10(12)9-7-5-3-1-2-4-6-8-9/h9,11-12H,1-8H2. The van der Waals surface area contributed by atoms with Crippen LogP contribution in [-0.4, -0.2) is 17.2 Å².